The Morgan fingerprint density at radius 1 is 0.350 bits per heavy atom. The summed E-state index contributed by atoms with van der Waals surface area (Å²) in [5, 5.41) is 0. The molecular weight excluding hydrogens is 745 g/mol. The molecule has 0 rings (SSSR count). The second-order valence-electron chi connectivity index (χ2n) is 16.3. The molecule has 0 amide bonds. The van der Waals surface area contributed by atoms with E-state index in [9.17, 15) is 14.4 Å². The van der Waals surface area contributed by atoms with Crippen molar-refractivity contribution in [1.82, 2.24) is 0 Å². The van der Waals surface area contributed by atoms with Gasteiger partial charge in [0.25, 0.3) is 0 Å². The predicted molar refractivity (Wildman–Crippen MR) is 256 cm³/mol. The molecule has 0 spiro atoms. The smallest absolute Gasteiger partial charge is 0.306 e. The molecule has 0 aromatic carbocycles. The number of rotatable bonds is 44. The quantitative estimate of drug-likeness (QED) is 0.0263. The fourth-order valence-electron chi connectivity index (χ4n) is 6.71. The van der Waals surface area contributed by atoms with E-state index in [1.54, 1.807) is 0 Å². The zero-order valence-electron chi connectivity index (χ0n) is 39.2. The third-order valence-electron chi connectivity index (χ3n) is 10.4. The summed E-state index contributed by atoms with van der Waals surface area (Å²) >= 11 is 0. The summed E-state index contributed by atoms with van der Waals surface area (Å²) in [6, 6.07) is 0. The molecule has 0 aromatic heterocycles. The van der Waals surface area contributed by atoms with Gasteiger partial charge in [0.2, 0.25) is 0 Å². The van der Waals surface area contributed by atoms with Crippen LogP contribution in [0.3, 0.4) is 0 Å². The van der Waals surface area contributed by atoms with E-state index in [1.165, 1.54) is 103 Å². The van der Waals surface area contributed by atoms with Crippen molar-refractivity contribution in [2.75, 3.05) is 13.2 Å². The first kappa shape index (κ1) is 56.9. The summed E-state index contributed by atoms with van der Waals surface area (Å²) in [5.41, 5.74) is 0. The third kappa shape index (κ3) is 45.9. The van der Waals surface area contributed by atoms with Crippen LogP contribution < -0.4 is 0 Å². The molecule has 0 aliphatic rings. The van der Waals surface area contributed by atoms with E-state index in [-0.39, 0.29) is 37.5 Å². The number of hydrogen-bond acceptors (Lipinski definition) is 6. The van der Waals surface area contributed by atoms with Gasteiger partial charge >= 0.3 is 17.9 Å². The number of unbranched alkanes of at least 4 members (excludes halogenated alkanes) is 21. The highest BCUT2D eigenvalue weighted by atomic mass is 16.6. The highest BCUT2D eigenvalue weighted by Crippen LogP contribution is 2.14. The highest BCUT2D eigenvalue weighted by molar-refractivity contribution is 5.71. The van der Waals surface area contributed by atoms with Crippen LogP contribution in [0.5, 0.6) is 0 Å². The summed E-state index contributed by atoms with van der Waals surface area (Å²) in [4.78, 5) is 37.9. The Bertz CT molecular complexity index is 1140. The van der Waals surface area contributed by atoms with Gasteiger partial charge in [-0.25, -0.2) is 0 Å². The van der Waals surface area contributed by atoms with Crippen molar-refractivity contribution in [3.63, 3.8) is 0 Å². The summed E-state index contributed by atoms with van der Waals surface area (Å²) in [5.74, 6) is -0.963. The van der Waals surface area contributed by atoms with Gasteiger partial charge in [0, 0.05) is 19.3 Å². The fraction of sp³-hybridized carbons (Fsp3) is 0.722. The molecule has 6 nitrogen and oxygen atoms in total. The fourth-order valence-corrected chi connectivity index (χ4v) is 6.71. The van der Waals surface area contributed by atoms with E-state index in [1.807, 2.05) is 0 Å². The van der Waals surface area contributed by atoms with Crippen LogP contribution >= 0.6 is 0 Å². The van der Waals surface area contributed by atoms with Gasteiger partial charge in [0.1, 0.15) is 13.2 Å². The Labute approximate surface area is 370 Å². The molecule has 0 saturated heterocycles. The maximum atomic E-state index is 12.8. The Morgan fingerprint density at radius 2 is 0.667 bits per heavy atom. The van der Waals surface area contributed by atoms with E-state index >= 15 is 0 Å². The van der Waals surface area contributed by atoms with E-state index < -0.39 is 6.10 Å². The van der Waals surface area contributed by atoms with Crippen LogP contribution in [0.25, 0.3) is 0 Å². The standard InChI is InChI=1S/C54H92O6/c1-4-7-10-13-16-19-22-24-26-27-28-30-32-35-38-41-44-47-53(56)59-50-51(49-58-52(55)46-43-40-37-34-31-21-18-15-12-9-6-3)60-54(57)48-45-42-39-36-33-29-25-23-20-17-14-11-8-5-2/h8,11,16-17,19-20,24,26,28,30,35,38,51H,4-7,9-10,12-15,18,21-23,25,27,29,31-34,36-37,39-50H2,1-3H3/b11-8-,19-16-,20-17-,26-24-,30-28-,38-35-. The molecule has 0 N–H and O–H groups in total. The molecular formula is C54H92O6. The van der Waals surface area contributed by atoms with Crippen LogP contribution in [0.15, 0.2) is 72.9 Å². The second-order valence-corrected chi connectivity index (χ2v) is 16.3. The van der Waals surface area contributed by atoms with Crippen LogP contribution in [0.2, 0.25) is 0 Å². The lowest BCUT2D eigenvalue weighted by Gasteiger charge is -2.18. The number of carbonyl (C=O) groups is 3. The van der Waals surface area contributed by atoms with Gasteiger partial charge in [0.05, 0.1) is 0 Å². The third-order valence-corrected chi connectivity index (χ3v) is 10.4. The van der Waals surface area contributed by atoms with E-state index in [0.29, 0.717) is 19.3 Å². The van der Waals surface area contributed by atoms with Crippen molar-refractivity contribution in [3.8, 4) is 0 Å². The maximum Gasteiger partial charge on any atom is 0.306 e. The average molecular weight is 837 g/mol. The molecule has 0 heterocycles. The lowest BCUT2D eigenvalue weighted by molar-refractivity contribution is -0.167. The molecule has 0 radical (unpaired) electrons. The minimum absolute atomic E-state index is 0.0945. The van der Waals surface area contributed by atoms with Gasteiger partial charge in [-0.2, -0.15) is 0 Å². The van der Waals surface area contributed by atoms with E-state index in [2.05, 4.69) is 93.7 Å². The lowest BCUT2D eigenvalue weighted by Crippen LogP contribution is -2.30. The molecule has 60 heavy (non-hydrogen) atoms. The number of allylic oxidation sites excluding steroid dienone is 12. The van der Waals surface area contributed by atoms with Gasteiger partial charge in [-0.15, -0.1) is 0 Å². The largest absolute Gasteiger partial charge is 0.462 e. The summed E-state index contributed by atoms with van der Waals surface area (Å²) < 4.78 is 16.7. The number of hydrogen-bond donors (Lipinski definition) is 0. The minimum atomic E-state index is -0.798. The molecule has 6 heteroatoms. The van der Waals surface area contributed by atoms with Crippen LogP contribution in [0.4, 0.5) is 0 Å². The van der Waals surface area contributed by atoms with Gasteiger partial charge in [-0.1, -0.05) is 203 Å². The first-order valence-corrected chi connectivity index (χ1v) is 24.9. The van der Waals surface area contributed by atoms with Gasteiger partial charge in [-0.05, 0) is 83.5 Å². The Morgan fingerprint density at radius 3 is 1.12 bits per heavy atom. The average Bonchev–Trinajstić information content (AvgIpc) is 3.24. The van der Waals surface area contributed by atoms with Crippen LogP contribution in [0.1, 0.15) is 233 Å². The number of ether oxygens (including phenoxy) is 3. The van der Waals surface area contributed by atoms with Crippen molar-refractivity contribution in [3.05, 3.63) is 72.9 Å². The maximum absolute atomic E-state index is 12.8. The Hall–Kier alpha value is -3.15. The number of esters is 3. The molecule has 0 saturated carbocycles. The molecule has 0 aromatic rings. The first-order chi connectivity index (χ1) is 29.5. The van der Waals surface area contributed by atoms with Gasteiger partial charge in [-0.3, -0.25) is 14.4 Å². The van der Waals surface area contributed by atoms with Crippen LogP contribution in [-0.2, 0) is 28.6 Å². The summed E-state index contributed by atoms with van der Waals surface area (Å²) in [6.07, 6.45) is 60.3. The van der Waals surface area contributed by atoms with Crippen LogP contribution in [-0.4, -0.2) is 37.2 Å². The Balaban J connectivity index is 4.47. The first-order valence-electron chi connectivity index (χ1n) is 24.9. The molecule has 0 aliphatic heterocycles. The minimum Gasteiger partial charge on any atom is -0.462 e. The Kier molecular flexibility index (Phi) is 46.0. The van der Waals surface area contributed by atoms with Crippen molar-refractivity contribution < 1.29 is 28.6 Å². The van der Waals surface area contributed by atoms with Crippen molar-refractivity contribution in [2.45, 2.75) is 239 Å². The van der Waals surface area contributed by atoms with E-state index in [4.69, 9.17) is 14.2 Å². The van der Waals surface area contributed by atoms with Crippen LogP contribution in [0, 0.1) is 0 Å². The summed E-state index contributed by atoms with van der Waals surface area (Å²) in [6.45, 7) is 6.44. The molecule has 0 bridgehead atoms. The molecule has 344 valence electrons. The van der Waals surface area contributed by atoms with Gasteiger partial charge < -0.3 is 14.2 Å². The van der Waals surface area contributed by atoms with E-state index in [0.717, 1.165) is 83.5 Å². The van der Waals surface area contributed by atoms with Crippen molar-refractivity contribution in [2.24, 2.45) is 0 Å². The number of carbonyl (C=O) groups excluding carboxylic acids is 3. The normalized spacial score (nSPS) is 12.7. The topological polar surface area (TPSA) is 78.9 Å². The second kappa shape index (κ2) is 48.5. The monoisotopic (exact) mass is 837 g/mol. The molecule has 1 atom stereocenters. The SMILES string of the molecule is CC/C=C\C/C=C\CCCCCCCCCC(=O)OC(COC(=O)CCC/C=C\C/C=C\C/C=C\C/C=C\CCCCC)COC(=O)CCCCCCCCCCCCC. The molecule has 0 aliphatic carbocycles. The van der Waals surface area contributed by atoms with Gasteiger partial charge in [0.15, 0.2) is 6.10 Å². The summed E-state index contributed by atoms with van der Waals surface area (Å²) in [7, 11) is 0. The predicted octanol–water partition coefficient (Wildman–Crippen LogP) is 16.3. The van der Waals surface area contributed by atoms with Crippen molar-refractivity contribution in [1.29, 1.82) is 0 Å². The van der Waals surface area contributed by atoms with Crippen molar-refractivity contribution >= 4 is 17.9 Å². The zero-order chi connectivity index (χ0) is 43.7. The molecule has 1 unspecified atom stereocenters. The molecule has 0 fully saturated rings. The highest BCUT2D eigenvalue weighted by Gasteiger charge is 2.19. The zero-order valence-corrected chi connectivity index (χ0v) is 39.2. The lowest BCUT2D eigenvalue weighted by atomic mass is 10.1.